The van der Waals surface area contributed by atoms with Crippen molar-refractivity contribution in [1.29, 1.82) is 0 Å². The van der Waals surface area contributed by atoms with Crippen LogP contribution in [0.3, 0.4) is 0 Å². The molecular weight excluding hydrogens is 434 g/mol. The molecule has 4 atom stereocenters. The van der Waals surface area contributed by atoms with Gasteiger partial charge in [0.2, 0.25) is 11.8 Å². The second-order valence-electron chi connectivity index (χ2n) is 9.11. The normalized spacial score (nSPS) is 25.1. The fourth-order valence-electron chi connectivity index (χ4n) is 5.61. The number of non-ortho nitro benzene ring substituents is 1. The van der Waals surface area contributed by atoms with E-state index in [1.807, 2.05) is 49.1 Å². The summed E-state index contributed by atoms with van der Waals surface area (Å²) in [4.78, 5) is 54.7. The molecule has 3 aliphatic heterocycles. The topological polar surface area (TPSA) is 101 Å². The maximum atomic E-state index is 13.9. The molecule has 2 aromatic rings. The van der Waals surface area contributed by atoms with E-state index in [9.17, 15) is 24.5 Å². The summed E-state index contributed by atoms with van der Waals surface area (Å²) in [5, 5.41) is 11.1. The van der Waals surface area contributed by atoms with Crippen molar-refractivity contribution in [1.82, 2.24) is 4.90 Å². The van der Waals surface area contributed by atoms with Crippen LogP contribution >= 0.6 is 0 Å². The highest BCUT2D eigenvalue weighted by molar-refractivity contribution is 6.14. The van der Waals surface area contributed by atoms with Crippen molar-refractivity contribution >= 4 is 34.5 Å². The van der Waals surface area contributed by atoms with Gasteiger partial charge in [0.1, 0.15) is 6.04 Å². The lowest BCUT2D eigenvalue weighted by Crippen LogP contribution is -2.49. The number of hydrogen-bond donors (Lipinski definition) is 0. The van der Waals surface area contributed by atoms with Crippen molar-refractivity contribution in [3.05, 3.63) is 75.8 Å². The number of hydrogen-bond acceptors (Lipinski definition) is 6. The van der Waals surface area contributed by atoms with E-state index in [1.54, 1.807) is 0 Å². The summed E-state index contributed by atoms with van der Waals surface area (Å²) in [6.07, 6.45) is 3.56. The van der Waals surface area contributed by atoms with Crippen molar-refractivity contribution < 1.29 is 19.3 Å². The van der Waals surface area contributed by atoms with Crippen molar-refractivity contribution in [3.8, 4) is 0 Å². The molecule has 0 N–H and O–H groups in total. The van der Waals surface area contributed by atoms with E-state index in [0.29, 0.717) is 13.0 Å². The van der Waals surface area contributed by atoms with Gasteiger partial charge in [0.05, 0.1) is 22.8 Å². The molecule has 5 rings (SSSR count). The number of carbonyl (C=O) groups is 3. The lowest BCUT2D eigenvalue weighted by Gasteiger charge is -2.38. The number of allylic oxidation sites excluding steroid dienone is 1. The zero-order chi connectivity index (χ0) is 24.1. The summed E-state index contributed by atoms with van der Waals surface area (Å²) in [5.41, 5.74) is 2.96. The SMILES string of the molecule is CCCCN1C(=O)[C@@H]2[C@H](C1=O)[C@H]1C=C(C)c3ccccc3N1[C@H]2C(=O)c1ccc([N+](=O)[O-])cc1. The molecule has 0 saturated carbocycles. The van der Waals surface area contributed by atoms with Gasteiger partial charge in [-0.3, -0.25) is 29.4 Å². The third kappa shape index (κ3) is 3.16. The van der Waals surface area contributed by atoms with Gasteiger partial charge in [-0.05, 0) is 37.1 Å². The maximum Gasteiger partial charge on any atom is 0.269 e. The van der Waals surface area contributed by atoms with E-state index in [2.05, 4.69) is 0 Å². The lowest BCUT2D eigenvalue weighted by molar-refractivity contribution is -0.384. The summed E-state index contributed by atoms with van der Waals surface area (Å²) in [6.45, 7) is 4.33. The summed E-state index contributed by atoms with van der Waals surface area (Å²) < 4.78 is 0. The Hall–Kier alpha value is -3.81. The quantitative estimate of drug-likeness (QED) is 0.281. The molecule has 0 spiro atoms. The van der Waals surface area contributed by atoms with Crippen molar-refractivity contribution in [3.63, 3.8) is 0 Å². The number of fused-ring (bicyclic) bond motifs is 5. The molecular formula is C26H25N3O5. The number of benzene rings is 2. The zero-order valence-corrected chi connectivity index (χ0v) is 19.0. The average molecular weight is 460 g/mol. The van der Waals surface area contributed by atoms with Gasteiger partial charge in [-0.25, -0.2) is 0 Å². The van der Waals surface area contributed by atoms with Gasteiger partial charge in [-0.2, -0.15) is 0 Å². The Morgan fingerprint density at radius 3 is 2.38 bits per heavy atom. The zero-order valence-electron chi connectivity index (χ0n) is 19.0. The van der Waals surface area contributed by atoms with E-state index in [-0.39, 0.29) is 28.8 Å². The highest BCUT2D eigenvalue weighted by Crippen LogP contribution is 2.50. The third-order valence-corrected chi connectivity index (χ3v) is 7.21. The molecule has 2 saturated heterocycles. The largest absolute Gasteiger partial charge is 0.352 e. The fraction of sp³-hybridized carbons (Fsp3) is 0.346. The molecule has 3 heterocycles. The number of ketones is 1. The molecule has 0 bridgehead atoms. The minimum Gasteiger partial charge on any atom is -0.352 e. The summed E-state index contributed by atoms with van der Waals surface area (Å²) >= 11 is 0. The molecule has 2 aromatic carbocycles. The molecule has 174 valence electrons. The molecule has 0 unspecified atom stereocenters. The van der Waals surface area contributed by atoms with E-state index >= 15 is 0 Å². The van der Waals surface area contributed by atoms with Crippen LogP contribution in [0.5, 0.6) is 0 Å². The van der Waals surface area contributed by atoms with Crippen LogP contribution in [-0.4, -0.2) is 46.0 Å². The van der Waals surface area contributed by atoms with Gasteiger partial charge < -0.3 is 4.90 Å². The van der Waals surface area contributed by atoms with Crippen molar-refractivity contribution in [2.75, 3.05) is 11.4 Å². The molecule has 2 amide bonds. The minimum atomic E-state index is -0.870. The Bertz CT molecular complexity index is 1240. The Morgan fingerprint density at radius 2 is 1.71 bits per heavy atom. The molecule has 34 heavy (non-hydrogen) atoms. The van der Waals surface area contributed by atoms with Gasteiger partial charge >= 0.3 is 0 Å². The maximum absolute atomic E-state index is 13.9. The van der Waals surface area contributed by atoms with E-state index in [4.69, 9.17) is 0 Å². The highest BCUT2D eigenvalue weighted by atomic mass is 16.6. The molecule has 0 aliphatic carbocycles. The number of nitrogens with zero attached hydrogens (tertiary/aromatic N) is 3. The number of rotatable bonds is 6. The highest BCUT2D eigenvalue weighted by Gasteiger charge is 2.64. The number of carbonyl (C=O) groups excluding carboxylic acids is 3. The monoisotopic (exact) mass is 459 g/mol. The number of para-hydroxylation sites is 1. The van der Waals surface area contributed by atoms with Crippen molar-refractivity contribution in [2.24, 2.45) is 11.8 Å². The summed E-state index contributed by atoms with van der Waals surface area (Å²) in [5.74, 6) is -2.27. The van der Waals surface area contributed by atoms with Gasteiger partial charge in [0, 0.05) is 35.5 Å². The van der Waals surface area contributed by atoms with Crippen LogP contribution < -0.4 is 4.90 Å². The number of amides is 2. The van der Waals surface area contributed by atoms with Crippen LogP contribution in [0.25, 0.3) is 5.57 Å². The predicted octanol–water partition coefficient (Wildman–Crippen LogP) is 3.85. The lowest BCUT2D eigenvalue weighted by atomic mass is 9.85. The van der Waals surface area contributed by atoms with Gasteiger partial charge in [0.25, 0.3) is 5.69 Å². The molecule has 2 fully saturated rings. The van der Waals surface area contributed by atoms with Crippen LogP contribution in [0.15, 0.2) is 54.6 Å². The van der Waals surface area contributed by atoms with Crippen LogP contribution in [0.1, 0.15) is 42.6 Å². The Morgan fingerprint density at radius 1 is 1.03 bits per heavy atom. The molecule has 0 aromatic heterocycles. The van der Waals surface area contributed by atoms with Crippen LogP contribution in [0, 0.1) is 22.0 Å². The number of imide groups is 1. The molecule has 3 aliphatic rings. The van der Waals surface area contributed by atoms with Gasteiger partial charge in [-0.1, -0.05) is 37.6 Å². The first-order valence-corrected chi connectivity index (χ1v) is 11.5. The average Bonchev–Trinajstić information content (AvgIpc) is 3.30. The first-order valence-electron chi connectivity index (χ1n) is 11.5. The smallest absolute Gasteiger partial charge is 0.269 e. The third-order valence-electron chi connectivity index (χ3n) is 7.21. The van der Waals surface area contributed by atoms with Gasteiger partial charge in [0.15, 0.2) is 5.78 Å². The van der Waals surface area contributed by atoms with Gasteiger partial charge in [-0.15, -0.1) is 0 Å². The minimum absolute atomic E-state index is 0.113. The number of anilines is 1. The van der Waals surface area contributed by atoms with E-state index < -0.39 is 28.8 Å². The number of likely N-dealkylation sites (tertiary alicyclic amines) is 1. The van der Waals surface area contributed by atoms with Crippen LogP contribution in [-0.2, 0) is 9.59 Å². The Labute approximate surface area is 197 Å². The number of nitro benzene ring substituents is 1. The first kappa shape index (κ1) is 22.0. The Balaban J connectivity index is 1.62. The number of Topliss-reactive ketones (excluding diaryl/α,β-unsaturated/α-hetero) is 1. The standard InChI is InChI=1S/C26H25N3O5/c1-3-4-13-27-25(31)21-20-14-15(2)18-7-5-6-8-19(18)28(20)23(22(21)26(27)32)24(30)16-9-11-17(12-10-16)29(33)34/h5-12,14,20-23H,3-4,13H2,1-2H3/t20-,21-,22-,23-/m1/s1. The summed E-state index contributed by atoms with van der Waals surface area (Å²) in [6, 6.07) is 11.8. The molecule has 8 nitrogen and oxygen atoms in total. The Kier molecular flexibility index (Phi) is 5.31. The van der Waals surface area contributed by atoms with Crippen molar-refractivity contribution in [2.45, 2.75) is 38.8 Å². The molecule has 8 heteroatoms. The van der Waals surface area contributed by atoms with Crippen LogP contribution in [0.4, 0.5) is 11.4 Å². The predicted molar refractivity (Wildman–Crippen MR) is 126 cm³/mol. The van der Waals surface area contributed by atoms with E-state index in [1.165, 1.54) is 29.2 Å². The van der Waals surface area contributed by atoms with E-state index in [0.717, 1.165) is 23.2 Å². The second-order valence-corrected chi connectivity index (χ2v) is 9.11. The summed E-state index contributed by atoms with van der Waals surface area (Å²) in [7, 11) is 0. The van der Waals surface area contributed by atoms with Crippen LogP contribution in [0.2, 0.25) is 0 Å². The first-order chi connectivity index (χ1) is 16.3. The number of unbranched alkanes of at least 4 members (excludes halogenated alkanes) is 1. The fourth-order valence-corrected chi connectivity index (χ4v) is 5.61. The number of nitro groups is 1. The second kappa shape index (κ2) is 8.20. The molecule has 0 radical (unpaired) electrons.